The van der Waals surface area contributed by atoms with E-state index < -0.39 is 0 Å². The van der Waals surface area contributed by atoms with E-state index in [1.54, 1.807) is 0 Å². The van der Waals surface area contributed by atoms with Crippen molar-refractivity contribution < 1.29 is 5.11 Å². The monoisotopic (exact) mass is 237 g/mol. The zero-order chi connectivity index (χ0) is 11.4. The Morgan fingerprint density at radius 3 is 3.00 bits per heavy atom. The Bertz CT molecular complexity index is 342. The summed E-state index contributed by atoms with van der Waals surface area (Å²) >= 11 is 1.98. The van der Waals surface area contributed by atoms with Crippen molar-refractivity contribution in [2.24, 2.45) is 0 Å². The van der Waals surface area contributed by atoms with Gasteiger partial charge >= 0.3 is 0 Å². The molecule has 0 bridgehead atoms. The third-order valence-corrected chi connectivity index (χ3v) is 4.52. The molecule has 2 nitrogen and oxygen atoms in total. The van der Waals surface area contributed by atoms with Gasteiger partial charge in [-0.25, -0.2) is 0 Å². The highest BCUT2D eigenvalue weighted by Crippen LogP contribution is 2.38. The van der Waals surface area contributed by atoms with E-state index >= 15 is 0 Å². The Morgan fingerprint density at radius 1 is 1.44 bits per heavy atom. The van der Waals surface area contributed by atoms with E-state index in [1.807, 2.05) is 18.8 Å². The van der Waals surface area contributed by atoms with E-state index in [0.717, 1.165) is 18.6 Å². The highest BCUT2D eigenvalue weighted by atomic mass is 32.2. The standard InChI is InChI=1S/C13H19NOS/c1-14-13-11-6-3-2-5-10(11)9-12(13)16-8-4-7-15/h2-3,5-6,12-15H,4,7-9H2,1H3. The second kappa shape index (κ2) is 5.71. The van der Waals surface area contributed by atoms with Gasteiger partial charge < -0.3 is 10.4 Å². The smallest absolute Gasteiger partial charge is 0.0444 e. The van der Waals surface area contributed by atoms with E-state index in [4.69, 9.17) is 5.11 Å². The van der Waals surface area contributed by atoms with Crippen LogP contribution < -0.4 is 5.32 Å². The number of nitrogens with one attached hydrogen (secondary N) is 1. The molecule has 2 rings (SSSR count). The minimum atomic E-state index is 0.302. The van der Waals surface area contributed by atoms with Crippen LogP contribution in [0.15, 0.2) is 24.3 Å². The number of benzene rings is 1. The Kier molecular flexibility index (Phi) is 4.27. The Balaban J connectivity index is 2.03. The van der Waals surface area contributed by atoms with E-state index in [1.165, 1.54) is 11.1 Å². The lowest BCUT2D eigenvalue weighted by Crippen LogP contribution is -2.23. The summed E-state index contributed by atoms with van der Waals surface area (Å²) in [6.07, 6.45) is 2.05. The quantitative estimate of drug-likeness (QED) is 0.768. The van der Waals surface area contributed by atoms with Crippen LogP contribution in [0.3, 0.4) is 0 Å². The summed E-state index contributed by atoms with van der Waals surface area (Å²) in [6, 6.07) is 9.16. The van der Waals surface area contributed by atoms with Gasteiger partial charge in [-0.1, -0.05) is 24.3 Å². The van der Waals surface area contributed by atoms with Crippen molar-refractivity contribution in [1.29, 1.82) is 0 Å². The van der Waals surface area contributed by atoms with E-state index in [0.29, 0.717) is 17.9 Å². The minimum Gasteiger partial charge on any atom is -0.396 e. The SMILES string of the molecule is CNC1c2ccccc2CC1SCCCO. The maximum atomic E-state index is 8.81. The fourth-order valence-corrected chi connectivity index (χ4v) is 3.73. The normalized spacial score (nSPS) is 23.4. The number of aliphatic hydroxyl groups excluding tert-OH is 1. The number of hydrogen-bond acceptors (Lipinski definition) is 3. The Hall–Kier alpha value is -0.510. The molecule has 0 radical (unpaired) electrons. The average Bonchev–Trinajstić information content (AvgIpc) is 2.67. The molecule has 0 aromatic heterocycles. The predicted octanol–water partition coefficient (Wildman–Crippen LogP) is 1.99. The second-order valence-electron chi connectivity index (χ2n) is 4.16. The Labute approximate surface area is 101 Å². The van der Waals surface area contributed by atoms with Gasteiger partial charge in [0, 0.05) is 17.9 Å². The van der Waals surface area contributed by atoms with Crippen LogP contribution in [0.4, 0.5) is 0 Å². The fourth-order valence-electron chi connectivity index (χ4n) is 2.35. The van der Waals surface area contributed by atoms with Crippen molar-refractivity contribution in [3.63, 3.8) is 0 Å². The van der Waals surface area contributed by atoms with Crippen LogP contribution in [-0.2, 0) is 6.42 Å². The van der Waals surface area contributed by atoms with E-state index in [-0.39, 0.29) is 0 Å². The summed E-state index contributed by atoms with van der Waals surface area (Å²) in [5, 5.41) is 12.8. The van der Waals surface area contributed by atoms with E-state index in [2.05, 4.69) is 29.6 Å². The van der Waals surface area contributed by atoms with Gasteiger partial charge in [-0.05, 0) is 36.8 Å². The summed E-state index contributed by atoms with van der Waals surface area (Å²) in [5.41, 5.74) is 2.93. The molecule has 3 heteroatoms. The summed E-state index contributed by atoms with van der Waals surface area (Å²) < 4.78 is 0. The van der Waals surface area contributed by atoms with Crippen molar-refractivity contribution in [2.75, 3.05) is 19.4 Å². The van der Waals surface area contributed by atoms with Crippen LogP contribution in [0.5, 0.6) is 0 Å². The lowest BCUT2D eigenvalue weighted by Gasteiger charge is -2.19. The summed E-state index contributed by atoms with van der Waals surface area (Å²) in [5.74, 6) is 1.05. The van der Waals surface area contributed by atoms with Gasteiger partial charge in [0.2, 0.25) is 0 Å². The maximum Gasteiger partial charge on any atom is 0.0444 e. The molecule has 1 aliphatic carbocycles. The number of hydrogen-bond donors (Lipinski definition) is 2. The molecule has 2 N–H and O–H groups in total. The lowest BCUT2D eigenvalue weighted by atomic mass is 10.1. The summed E-state index contributed by atoms with van der Waals surface area (Å²) in [7, 11) is 2.03. The largest absolute Gasteiger partial charge is 0.396 e. The predicted molar refractivity (Wildman–Crippen MR) is 69.9 cm³/mol. The zero-order valence-electron chi connectivity index (χ0n) is 9.65. The van der Waals surface area contributed by atoms with Crippen LogP contribution in [-0.4, -0.2) is 29.8 Å². The minimum absolute atomic E-state index is 0.302. The zero-order valence-corrected chi connectivity index (χ0v) is 10.5. The van der Waals surface area contributed by atoms with Crippen molar-refractivity contribution in [3.8, 4) is 0 Å². The first-order valence-corrected chi connectivity index (χ1v) is 6.89. The molecule has 88 valence electrons. The Morgan fingerprint density at radius 2 is 2.25 bits per heavy atom. The van der Waals surface area contributed by atoms with Gasteiger partial charge in [0.25, 0.3) is 0 Å². The fraction of sp³-hybridized carbons (Fsp3) is 0.538. The first-order valence-electron chi connectivity index (χ1n) is 5.84. The van der Waals surface area contributed by atoms with Gasteiger partial charge in [-0.15, -0.1) is 0 Å². The molecule has 16 heavy (non-hydrogen) atoms. The topological polar surface area (TPSA) is 32.3 Å². The van der Waals surface area contributed by atoms with Crippen molar-refractivity contribution >= 4 is 11.8 Å². The average molecular weight is 237 g/mol. The molecular formula is C13H19NOS. The number of fused-ring (bicyclic) bond motifs is 1. The maximum absolute atomic E-state index is 8.81. The van der Waals surface area contributed by atoms with Crippen LogP contribution in [0.25, 0.3) is 0 Å². The number of thioether (sulfide) groups is 1. The molecule has 2 atom stereocenters. The van der Waals surface area contributed by atoms with Gasteiger partial charge in [0.15, 0.2) is 0 Å². The molecule has 0 saturated carbocycles. The molecule has 0 amide bonds. The first-order chi connectivity index (χ1) is 7.86. The third kappa shape index (κ3) is 2.42. The number of aliphatic hydroxyl groups is 1. The molecular weight excluding hydrogens is 218 g/mol. The van der Waals surface area contributed by atoms with Gasteiger partial charge in [0.05, 0.1) is 0 Å². The molecule has 1 aromatic rings. The molecule has 0 fully saturated rings. The molecule has 0 saturated heterocycles. The van der Waals surface area contributed by atoms with Crippen molar-refractivity contribution in [1.82, 2.24) is 5.32 Å². The van der Waals surface area contributed by atoms with Crippen LogP contribution in [0, 0.1) is 0 Å². The molecule has 2 unspecified atom stereocenters. The highest BCUT2D eigenvalue weighted by molar-refractivity contribution is 7.99. The molecule has 1 aromatic carbocycles. The van der Waals surface area contributed by atoms with E-state index in [9.17, 15) is 0 Å². The van der Waals surface area contributed by atoms with Gasteiger partial charge in [-0.3, -0.25) is 0 Å². The van der Waals surface area contributed by atoms with Crippen molar-refractivity contribution in [2.45, 2.75) is 24.1 Å². The molecule has 1 aliphatic rings. The van der Waals surface area contributed by atoms with Gasteiger partial charge in [-0.2, -0.15) is 11.8 Å². The summed E-state index contributed by atoms with van der Waals surface area (Å²) in [4.78, 5) is 0. The molecule has 0 spiro atoms. The summed E-state index contributed by atoms with van der Waals surface area (Å²) in [6.45, 7) is 0.302. The second-order valence-corrected chi connectivity index (χ2v) is 5.50. The molecule has 0 aliphatic heterocycles. The van der Waals surface area contributed by atoms with Gasteiger partial charge in [0.1, 0.15) is 0 Å². The highest BCUT2D eigenvalue weighted by Gasteiger charge is 2.30. The van der Waals surface area contributed by atoms with Crippen LogP contribution >= 0.6 is 11.8 Å². The van der Waals surface area contributed by atoms with Crippen molar-refractivity contribution in [3.05, 3.63) is 35.4 Å². The number of rotatable bonds is 5. The van der Waals surface area contributed by atoms with Crippen LogP contribution in [0.1, 0.15) is 23.6 Å². The first kappa shape index (κ1) is 12.0. The van der Waals surface area contributed by atoms with Crippen LogP contribution in [0.2, 0.25) is 0 Å². The third-order valence-electron chi connectivity index (χ3n) is 3.13. The lowest BCUT2D eigenvalue weighted by molar-refractivity contribution is 0.296. The molecule has 0 heterocycles.